The molecule has 1 aromatic carbocycles. The van der Waals surface area contributed by atoms with Crippen LogP contribution in [0.15, 0.2) is 18.2 Å². The molecule has 2 atom stereocenters. The van der Waals surface area contributed by atoms with Gasteiger partial charge in [-0.25, -0.2) is 0 Å². The fourth-order valence-electron chi connectivity index (χ4n) is 3.39. The average Bonchev–Trinajstić information content (AvgIpc) is 3.11. The molecule has 1 amide bonds. The van der Waals surface area contributed by atoms with Gasteiger partial charge in [-0.1, -0.05) is 11.6 Å². The van der Waals surface area contributed by atoms with Crippen LogP contribution in [0.25, 0.3) is 0 Å². The number of hydrogen-bond donors (Lipinski definition) is 0. The maximum Gasteiger partial charge on any atom is 0.316 e. The highest BCUT2D eigenvalue weighted by Crippen LogP contribution is 2.43. The normalized spacial score (nSPS) is 25.0. The number of halogens is 2. The largest absolute Gasteiger partial charge is 0.496 e. The molecule has 0 N–H and O–H groups in total. The molecule has 2 saturated heterocycles. The molecule has 0 aromatic heterocycles. The minimum absolute atomic E-state index is 0. The molecule has 3 rings (SSSR count). The van der Waals surface area contributed by atoms with Gasteiger partial charge in [-0.15, -0.1) is 12.4 Å². The predicted octanol–water partition coefficient (Wildman–Crippen LogP) is 2.03. The molecule has 1 aromatic rings. The maximum atomic E-state index is 12.8. The van der Waals surface area contributed by atoms with Crippen molar-refractivity contribution in [2.75, 3.05) is 40.5 Å². The third-order valence-corrected chi connectivity index (χ3v) is 4.88. The van der Waals surface area contributed by atoms with Crippen molar-refractivity contribution in [3.8, 4) is 5.75 Å². The molecule has 0 unspecified atom stereocenters. The number of ether oxygens (including phenoxy) is 3. The highest BCUT2D eigenvalue weighted by Gasteiger charge is 2.57. The van der Waals surface area contributed by atoms with E-state index >= 15 is 0 Å². The number of nitrogens with zero attached hydrogens (tertiary/aromatic N) is 1. The van der Waals surface area contributed by atoms with Crippen LogP contribution in [0, 0.1) is 11.3 Å². The molecular formula is C16H19Cl2NO5. The molecule has 6 nitrogen and oxygen atoms in total. The van der Waals surface area contributed by atoms with Gasteiger partial charge in [-0.05, 0) is 18.2 Å². The number of esters is 1. The van der Waals surface area contributed by atoms with Crippen molar-refractivity contribution >= 4 is 35.9 Å². The van der Waals surface area contributed by atoms with E-state index < -0.39 is 5.41 Å². The van der Waals surface area contributed by atoms with Crippen LogP contribution in [0.3, 0.4) is 0 Å². The van der Waals surface area contributed by atoms with E-state index in [0.29, 0.717) is 29.5 Å². The highest BCUT2D eigenvalue weighted by molar-refractivity contribution is 6.30. The number of carbonyl (C=O) groups excluding carboxylic acids is 2. The second kappa shape index (κ2) is 7.17. The Kier molecular flexibility index (Phi) is 5.63. The number of fused-ring (bicyclic) bond motifs is 1. The Balaban J connectivity index is 0.00000208. The van der Waals surface area contributed by atoms with E-state index in [9.17, 15) is 9.59 Å². The van der Waals surface area contributed by atoms with E-state index in [1.165, 1.54) is 14.2 Å². The fourth-order valence-corrected chi connectivity index (χ4v) is 3.56. The summed E-state index contributed by atoms with van der Waals surface area (Å²) in [6, 6.07) is 4.89. The summed E-state index contributed by atoms with van der Waals surface area (Å²) in [7, 11) is 2.85. The first-order chi connectivity index (χ1) is 11.0. The minimum atomic E-state index is -0.760. The van der Waals surface area contributed by atoms with Crippen molar-refractivity contribution in [3.63, 3.8) is 0 Å². The monoisotopic (exact) mass is 375 g/mol. The summed E-state index contributed by atoms with van der Waals surface area (Å²) in [6.07, 6.45) is 0. The zero-order valence-electron chi connectivity index (χ0n) is 13.4. The van der Waals surface area contributed by atoms with Crippen molar-refractivity contribution in [3.05, 3.63) is 28.8 Å². The summed E-state index contributed by atoms with van der Waals surface area (Å²) in [5, 5.41) is 0.496. The fraction of sp³-hybridized carbons (Fsp3) is 0.500. The van der Waals surface area contributed by atoms with Crippen LogP contribution in [0.1, 0.15) is 10.4 Å². The summed E-state index contributed by atoms with van der Waals surface area (Å²) in [4.78, 5) is 26.7. The molecule has 0 radical (unpaired) electrons. The Bertz CT molecular complexity index is 653. The minimum Gasteiger partial charge on any atom is -0.496 e. The van der Waals surface area contributed by atoms with Gasteiger partial charge in [0.25, 0.3) is 5.91 Å². The zero-order chi connectivity index (χ0) is 16.6. The molecule has 2 fully saturated rings. The van der Waals surface area contributed by atoms with Crippen molar-refractivity contribution in [2.45, 2.75) is 0 Å². The van der Waals surface area contributed by atoms with Gasteiger partial charge in [0.15, 0.2) is 0 Å². The first-order valence-corrected chi connectivity index (χ1v) is 7.68. The van der Waals surface area contributed by atoms with Gasteiger partial charge in [-0.3, -0.25) is 9.59 Å². The van der Waals surface area contributed by atoms with Crippen LogP contribution in [-0.2, 0) is 14.3 Å². The Hall–Kier alpha value is -1.50. The van der Waals surface area contributed by atoms with Gasteiger partial charge in [0.2, 0.25) is 0 Å². The van der Waals surface area contributed by atoms with Crippen LogP contribution in [0.2, 0.25) is 5.02 Å². The van der Waals surface area contributed by atoms with Crippen LogP contribution in [0.5, 0.6) is 5.75 Å². The SMILES string of the molecule is COC(=O)[C@@]12COC[C@@H]1CN(C(=O)c1ccc(Cl)cc1OC)C2.Cl. The first-order valence-electron chi connectivity index (χ1n) is 7.31. The number of rotatable bonds is 3. The molecule has 0 spiro atoms. The molecule has 2 heterocycles. The van der Waals surface area contributed by atoms with Gasteiger partial charge < -0.3 is 19.1 Å². The lowest BCUT2D eigenvalue weighted by Crippen LogP contribution is -2.41. The standard InChI is InChI=1S/C16H18ClNO5.ClH/c1-21-13-5-11(17)3-4-12(13)14(19)18-6-10-7-23-9-16(10,8-18)15(20)22-2;/h3-5,10H,6-9H2,1-2H3;1H/t10-,16-;/m0./s1. The maximum absolute atomic E-state index is 12.8. The summed E-state index contributed by atoms with van der Waals surface area (Å²) >= 11 is 5.94. The van der Waals surface area contributed by atoms with E-state index in [4.69, 9.17) is 25.8 Å². The van der Waals surface area contributed by atoms with Gasteiger partial charge in [-0.2, -0.15) is 0 Å². The molecular weight excluding hydrogens is 357 g/mol. The van der Waals surface area contributed by atoms with Crippen molar-refractivity contribution in [1.82, 2.24) is 4.90 Å². The zero-order valence-corrected chi connectivity index (χ0v) is 15.0. The lowest BCUT2D eigenvalue weighted by atomic mass is 9.81. The summed E-state index contributed by atoms with van der Waals surface area (Å²) in [5.41, 5.74) is -0.331. The number of likely N-dealkylation sites (tertiary alicyclic amines) is 1. The molecule has 0 aliphatic carbocycles. The molecule has 0 saturated carbocycles. The van der Waals surface area contributed by atoms with Crippen molar-refractivity contribution in [2.24, 2.45) is 11.3 Å². The Labute approximate surface area is 151 Å². The second-order valence-electron chi connectivity index (χ2n) is 5.89. The number of hydrogen-bond acceptors (Lipinski definition) is 5. The van der Waals surface area contributed by atoms with E-state index in [2.05, 4.69) is 0 Å². The van der Waals surface area contributed by atoms with Crippen LogP contribution in [0.4, 0.5) is 0 Å². The summed E-state index contributed by atoms with van der Waals surface area (Å²) in [6.45, 7) is 1.48. The number of amides is 1. The van der Waals surface area contributed by atoms with Crippen molar-refractivity contribution < 1.29 is 23.8 Å². The van der Waals surface area contributed by atoms with Gasteiger partial charge in [0.1, 0.15) is 11.2 Å². The average molecular weight is 376 g/mol. The van der Waals surface area contributed by atoms with Gasteiger partial charge in [0, 0.05) is 24.0 Å². The van der Waals surface area contributed by atoms with E-state index in [-0.39, 0.29) is 43.4 Å². The second-order valence-corrected chi connectivity index (χ2v) is 6.33. The molecule has 2 aliphatic rings. The molecule has 8 heteroatoms. The lowest BCUT2D eigenvalue weighted by Gasteiger charge is -2.24. The third-order valence-electron chi connectivity index (χ3n) is 4.65. The van der Waals surface area contributed by atoms with E-state index in [0.717, 1.165) is 0 Å². The van der Waals surface area contributed by atoms with Crippen LogP contribution < -0.4 is 4.74 Å². The molecule has 0 bridgehead atoms. The number of methoxy groups -OCH3 is 2. The Morgan fingerprint density at radius 1 is 1.38 bits per heavy atom. The highest BCUT2D eigenvalue weighted by atomic mass is 35.5. The van der Waals surface area contributed by atoms with E-state index in [1.54, 1.807) is 23.1 Å². The number of benzene rings is 1. The van der Waals surface area contributed by atoms with Crippen LogP contribution >= 0.6 is 24.0 Å². The topological polar surface area (TPSA) is 65.1 Å². The third kappa shape index (κ3) is 2.94. The smallest absolute Gasteiger partial charge is 0.316 e. The Morgan fingerprint density at radius 3 is 2.79 bits per heavy atom. The van der Waals surface area contributed by atoms with Crippen LogP contribution in [-0.4, -0.2) is 57.3 Å². The first kappa shape index (κ1) is 18.8. The summed E-state index contributed by atoms with van der Waals surface area (Å²) in [5.74, 6) is -0.130. The van der Waals surface area contributed by atoms with Gasteiger partial charge >= 0.3 is 5.97 Å². The molecule has 24 heavy (non-hydrogen) atoms. The molecule has 2 aliphatic heterocycles. The summed E-state index contributed by atoms with van der Waals surface area (Å²) < 4.78 is 15.6. The Morgan fingerprint density at radius 2 is 2.12 bits per heavy atom. The lowest BCUT2D eigenvalue weighted by molar-refractivity contribution is -0.153. The quantitative estimate of drug-likeness (QED) is 0.756. The molecule has 132 valence electrons. The predicted molar refractivity (Wildman–Crippen MR) is 89.9 cm³/mol. The number of carbonyl (C=O) groups is 2. The van der Waals surface area contributed by atoms with Crippen molar-refractivity contribution in [1.29, 1.82) is 0 Å². The van der Waals surface area contributed by atoms with Gasteiger partial charge in [0.05, 0.1) is 33.0 Å². The van der Waals surface area contributed by atoms with E-state index in [1.807, 2.05) is 0 Å².